The van der Waals surface area contributed by atoms with Crippen molar-refractivity contribution >= 4 is 11.7 Å². The van der Waals surface area contributed by atoms with E-state index in [0.717, 1.165) is 12.8 Å². The fraction of sp³-hybridized carbons (Fsp3) is 0.500. The third kappa shape index (κ3) is 4.93. The third-order valence-corrected chi connectivity index (χ3v) is 3.60. The molecule has 1 aliphatic heterocycles. The number of halogens is 1. The number of rotatable bonds is 5. The van der Waals surface area contributed by atoms with Gasteiger partial charge in [0.25, 0.3) is 0 Å². The highest BCUT2D eigenvalue weighted by atomic mass is 19.1. The highest BCUT2D eigenvalue weighted by Crippen LogP contribution is 2.13. The molecule has 21 heavy (non-hydrogen) atoms. The van der Waals surface area contributed by atoms with Crippen molar-refractivity contribution in [2.24, 2.45) is 0 Å². The van der Waals surface area contributed by atoms with Crippen molar-refractivity contribution in [1.29, 1.82) is 0 Å². The molecule has 4 nitrogen and oxygen atoms in total. The highest BCUT2D eigenvalue weighted by molar-refractivity contribution is 5.97. The number of hydrogen-bond donors (Lipinski definition) is 1. The minimum absolute atomic E-state index is 0.121. The van der Waals surface area contributed by atoms with Gasteiger partial charge in [-0.05, 0) is 44.0 Å². The van der Waals surface area contributed by atoms with E-state index < -0.39 is 0 Å². The average Bonchev–Trinajstić information content (AvgIpc) is 2.45. The van der Waals surface area contributed by atoms with Gasteiger partial charge in [-0.15, -0.1) is 0 Å². The maximum Gasteiger partial charge on any atom is 0.220 e. The van der Waals surface area contributed by atoms with Crippen molar-refractivity contribution < 1.29 is 18.7 Å². The molecule has 114 valence electrons. The number of nitrogens with one attached hydrogen (secondary N) is 1. The molecule has 1 amide bonds. The van der Waals surface area contributed by atoms with E-state index >= 15 is 0 Å². The van der Waals surface area contributed by atoms with Crippen molar-refractivity contribution in [2.45, 2.75) is 44.8 Å². The number of benzene rings is 1. The molecular formula is C16H20FNO3. The van der Waals surface area contributed by atoms with E-state index in [1.54, 1.807) is 0 Å². The number of hydrogen-bond acceptors (Lipinski definition) is 3. The number of ketones is 1. The fourth-order valence-electron chi connectivity index (χ4n) is 2.44. The minimum Gasteiger partial charge on any atom is -0.378 e. The van der Waals surface area contributed by atoms with Gasteiger partial charge in [0.1, 0.15) is 5.82 Å². The summed E-state index contributed by atoms with van der Waals surface area (Å²) in [7, 11) is 0. The molecule has 2 atom stereocenters. The molecule has 0 aliphatic carbocycles. The molecular weight excluding hydrogens is 273 g/mol. The molecule has 0 aromatic heterocycles. The van der Waals surface area contributed by atoms with Gasteiger partial charge in [-0.2, -0.15) is 0 Å². The van der Waals surface area contributed by atoms with Gasteiger partial charge in [0.05, 0.1) is 6.10 Å². The Morgan fingerprint density at radius 2 is 2.00 bits per heavy atom. The molecule has 0 saturated carbocycles. The summed E-state index contributed by atoms with van der Waals surface area (Å²) in [5, 5.41) is 2.93. The highest BCUT2D eigenvalue weighted by Gasteiger charge is 2.21. The van der Waals surface area contributed by atoms with Crippen LogP contribution in [0.4, 0.5) is 4.39 Å². The van der Waals surface area contributed by atoms with E-state index in [-0.39, 0.29) is 42.5 Å². The molecule has 1 aromatic carbocycles. The molecule has 1 saturated heterocycles. The van der Waals surface area contributed by atoms with Crippen LogP contribution in [-0.2, 0) is 9.53 Å². The Balaban J connectivity index is 1.75. The van der Waals surface area contributed by atoms with E-state index in [9.17, 15) is 14.0 Å². The molecule has 0 radical (unpaired) electrons. The van der Waals surface area contributed by atoms with Gasteiger partial charge in [0.15, 0.2) is 5.78 Å². The second kappa shape index (κ2) is 7.31. The number of carbonyl (C=O) groups is 2. The zero-order valence-electron chi connectivity index (χ0n) is 12.1. The molecule has 1 aliphatic rings. The molecule has 1 N–H and O–H groups in total. The normalized spacial score (nSPS) is 21.8. The van der Waals surface area contributed by atoms with Crippen LogP contribution in [-0.4, -0.2) is 30.4 Å². The molecule has 2 rings (SSSR count). The summed E-state index contributed by atoms with van der Waals surface area (Å²) < 4.78 is 18.2. The predicted octanol–water partition coefficient (Wildman–Crippen LogP) is 2.47. The first-order valence-corrected chi connectivity index (χ1v) is 7.24. The second-order valence-electron chi connectivity index (χ2n) is 5.40. The van der Waals surface area contributed by atoms with Crippen LogP contribution in [0, 0.1) is 5.82 Å². The van der Waals surface area contributed by atoms with E-state index in [1.807, 2.05) is 6.92 Å². The summed E-state index contributed by atoms with van der Waals surface area (Å²) >= 11 is 0. The first kappa shape index (κ1) is 15.6. The summed E-state index contributed by atoms with van der Waals surface area (Å²) in [6.07, 6.45) is 2.06. The third-order valence-electron chi connectivity index (χ3n) is 3.60. The lowest BCUT2D eigenvalue weighted by Gasteiger charge is -2.27. The summed E-state index contributed by atoms with van der Waals surface area (Å²) in [5.74, 6) is -0.645. The largest absolute Gasteiger partial charge is 0.378 e. The standard InChI is InChI=1S/C16H20FNO3/c1-11-10-14(8-9-21-11)18-16(20)7-6-15(19)12-2-4-13(17)5-3-12/h2-5,11,14H,6-10H2,1H3,(H,18,20)/t11-,14+/m1/s1. The lowest BCUT2D eigenvalue weighted by Crippen LogP contribution is -2.41. The van der Waals surface area contributed by atoms with Crippen LogP contribution in [0.1, 0.15) is 43.0 Å². The van der Waals surface area contributed by atoms with Crippen LogP contribution in [0.5, 0.6) is 0 Å². The smallest absolute Gasteiger partial charge is 0.220 e. The summed E-state index contributed by atoms with van der Waals surface area (Å²) in [4.78, 5) is 23.7. The average molecular weight is 293 g/mol. The molecule has 0 bridgehead atoms. The fourth-order valence-corrected chi connectivity index (χ4v) is 2.44. The molecule has 0 spiro atoms. The van der Waals surface area contributed by atoms with Gasteiger partial charge in [-0.25, -0.2) is 4.39 Å². The van der Waals surface area contributed by atoms with Gasteiger partial charge in [0.2, 0.25) is 5.91 Å². The molecule has 1 aromatic rings. The topological polar surface area (TPSA) is 55.4 Å². The van der Waals surface area contributed by atoms with Crippen molar-refractivity contribution in [3.8, 4) is 0 Å². The Kier molecular flexibility index (Phi) is 5.44. The van der Waals surface area contributed by atoms with Crippen LogP contribution in [0.25, 0.3) is 0 Å². The number of carbonyl (C=O) groups excluding carboxylic acids is 2. The van der Waals surface area contributed by atoms with Crippen molar-refractivity contribution in [2.75, 3.05) is 6.61 Å². The summed E-state index contributed by atoms with van der Waals surface area (Å²) in [6.45, 7) is 2.64. The van der Waals surface area contributed by atoms with Crippen molar-refractivity contribution in [3.05, 3.63) is 35.6 Å². The van der Waals surface area contributed by atoms with Gasteiger partial charge in [-0.1, -0.05) is 0 Å². The van der Waals surface area contributed by atoms with Crippen LogP contribution >= 0.6 is 0 Å². The van der Waals surface area contributed by atoms with Crippen LogP contribution in [0.3, 0.4) is 0 Å². The summed E-state index contributed by atoms with van der Waals surface area (Å²) in [6, 6.07) is 5.50. The molecule has 1 heterocycles. The van der Waals surface area contributed by atoms with Crippen LogP contribution in [0.15, 0.2) is 24.3 Å². The quantitative estimate of drug-likeness (QED) is 0.849. The zero-order chi connectivity index (χ0) is 15.2. The van der Waals surface area contributed by atoms with E-state index in [4.69, 9.17) is 4.74 Å². The lowest BCUT2D eigenvalue weighted by atomic mass is 10.0. The van der Waals surface area contributed by atoms with Crippen LogP contribution in [0.2, 0.25) is 0 Å². The predicted molar refractivity (Wildman–Crippen MR) is 76.5 cm³/mol. The Labute approximate surface area is 123 Å². The van der Waals surface area contributed by atoms with Crippen molar-refractivity contribution in [3.63, 3.8) is 0 Å². The Morgan fingerprint density at radius 3 is 2.67 bits per heavy atom. The van der Waals surface area contributed by atoms with Gasteiger partial charge >= 0.3 is 0 Å². The maximum atomic E-state index is 12.8. The van der Waals surface area contributed by atoms with E-state index in [2.05, 4.69) is 5.32 Å². The lowest BCUT2D eigenvalue weighted by molar-refractivity contribution is -0.122. The minimum atomic E-state index is -0.377. The Bertz CT molecular complexity index is 501. The number of Topliss-reactive ketones (excluding diaryl/α,β-unsaturated/α-hetero) is 1. The first-order chi connectivity index (χ1) is 10.0. The zero-order valence-corrected chi connectivity index (χ0v) is 12.1. The molecule has 0 unspecified atom stereocenters. The number of amides is 1. The van der Waals surface area contributed by atoms with Crippen molar-refractivity contribution in [1.82, 2.24) is 5.32 Å². The number of ether oxygens (including phenoxy) is 1. The Morgan fingerprint density at radius 1 is 1.29 bits per heavy atom. The van der Waals surface area contributed by atoms with Gasteiger partial charge in [0, 0.05) is 31.1 Å². The second-order valence-corrected chi connectivity index (χ2v) is 5.40. The van der Waals surface area contributed by atoms with Crippen LogP contribution < -0.4 is 5.32 Å². The first-order valence-electron chi connectivity index (χ1n) is 7.24. The molecule has 5 heteroatoms. The maximum absolute atomic E-state index is 12.8. The monoisotopic (exact) mass is 293 g/mol. The Hall–Kier alpha value is -1.75. The van der Waals surface area contributed by atoms with E-state index in [1.165, 1.54) is 24.3 Å². The molecule has 1 fully saturated rings. The summed E-state index contributed by atoms with van der Waals surface area (Å²) in [5.41, 5.74) is 0.434. The van der Waals surface area contributed by atoms with Gasteiger partial charge < -0.3 is 10.1 Å². The van der Waals surface area contributed by atoms with Gasteiger partial charge in [-0.3, -0.25) is 9.59 Å². The van der Waals surface area contributed by atoms with E-state index in [0.29, 0.717) is 12.2 Å². The SMILES string of the molecule is C[C@@H]1C[C@@H](NC(=O)CCC(=O)c2ccc(F)cc2)CCO1.